The van der Waals surface area contributed by atoms with Crippen LogP contribution in [0.25, 0.3) is 11.1 Å². The number of benzene rings is 1. The number of hydrogen-bond acceptors (Lipinski definition) is 3. The molecule has 1 unspecified atom stereocenters. The van der Waals surface area contributed by atoms with E-state index in [4.69, 9.17) is 0 Å². The van der Waals surface area contributed by atoms with E-state index >= 15 is 0 Å². The van der Waals surface area contributed by atoms with Crippen LogP contribution in [-0.2, 0) is 4.79 Å². The Morgan fingerprint density at radius 2 is 2.14 bits per heavy atom. The highest BCUT2D eigenvalue weighted by molar-refractivity contribution is 5.95. The quantitative estimate of drug-likeness (QED) is 0.905. The molecule has 1 fully saturated rings. The van der Waals surface area contributed by atoms with Crippen molar-refractivity contribution in [1.29, 1.82) is 0 Å². The molecule has 1 aliphatic heterocycles. The minimum absolute atomic E-state index is 0.0306. The van der Waals surface area contributed by atoms with Gasteiger partial charge in [0.15, 0.2) is 0 Å². The van der Waals surface area contributed by atoms with Crippen molar-refractivity contribution in [3.05, 3.63) is 53.9 Å². The molecule has 1 aliphatic rings. The zero-order chi connectivity index (χ0) is 15.5. The summed E-state index contributed by atoms with van der Waals surface area (Å²) in [6, 6.07) is 9.72. The highest BCUT2D eigenvalue weighted by atomic mass is 16.2. The fraction of sp³-hybridized carbons (Fsp3) is 0.235. The molecule has 5 nitrogen and oxygen atoms in total. The number of carbonyl (C=O) groups excluding carboxylic acids is 2. The van der Waals surface area contributed by atoms with Crippen LogP contribution >= 0.6 is 0 Å². The van der Waals surface area contributed by atoms with Gasteiger partial charge in [-0.15, -0.1) is 0 Å². The predicted molar refractivity (Wildman–Crippen MR) is 83.3 cm³/mol. The SMILES string of the molecule is Cc1cccc(-c2cncc(C(=O)NC3CNC(=O)C3)c2)c1. The first-order chi connectivity index (χ1) is 10.6. The van der Waals surface area contributed by atoms with Crippen molar-refractivity contribution in [3.63, 3.8) is 0 Å². The maximum absolute atomic E-state index is 12.3. The molecule has 1 saturated heterocycles. The Bertz CT molecular complexity index is 727. The van der Waals surface area contributed by atoms with Gasteiger partial charge in [0, 0.05) is 30.9 Å². The lowest BCUT2D eigenvalue weighted by atomic mass is 10.0. The van der Waals surface area contributed by atoms with E-state index in [-0.39, 0.29) is 17.9 Å². The van der Waals surface area contributed by atoms with E-state index in [9.17, 15) is 9.59 Å². The standard InChI is InChI=1S/C17H17N3O2/c1-11-3-2-4-12(5-11)13-6-14(9-18-8-13)17(22)20-15-7-16(21)19-10-15/h2-6,8-9,15H,7,10H2,1H3,(H,19,21)(H,20,22). The third kappa shape index (κ3) is 3.14. The van der Waals surface area contributed by atoms with E-state index in [1.54, 1.807) is 12.4 Å². The molecule has 1 aromatic carbocycles. The number of pyridine rings is 1. The number of carbonyl (C=O) groups is 2. The average molecular weight is 295 g/mol. The fourth-order valence-electron chi connectivity index (χ4n) is 2.52. The number of rotatable bonds is 3. The summed E-state index contributed by atoms with van der Waals surface area (Å²) in [6.07, 6.45) is 3.61. The first-order valence-corrected chi connectivity index (χ1v) is 7.21. The Kier molecular flexibility index (Phi) is 3.87. The maximum atomic E-state index is 12.3. The summed E-state index contributed by atoms with van der Waals surface area (Å²) in [5.74, 6) is -0.236. The molecule has 2 heterocycles. The molecule has 1 atom stereocenters. The predicted octanol–water partition coefficient (Wildman–Crippen LogP) is 1.68. The van der Waals surface area contributed by atoms with Gasteiger partial charge in [0.25, 0.3) is 5.91 Å². The summed E-state index contributed by atoms with van der Waals surface area (Å²) in [7, 11) is 0. The van der Waals surface area contributed by atoms with Gasteiger partial charge in [-0.05, 0) is 18.6 Å². The molecular formula is C17H17N3O2. The molecular weight excluding hydrogens is 278 g/mol. The molecule has 0 bridgehead atoms. The molecule has 0 saturated carbocycles. The van der Waals surface area contributed by atoms with E-state index in [1.165, 1.54) is 0 Å². The second-order valence-electron chi connectivity index (χ2n) is 5.51. The molecule has 3 rings (SSSR count). The third-order valence-electron chi connectivity index (χ3n) is 3.66. The van der Waals surface area contributed by atoms with Crippen molar-refractivity contribution in [3.8, 4) is 11.1 Å². The molecule has 0 spiro atoms. The van der Waals surface area contributed by atoms with Crippen LogP contribution in [0.5, 0.6) is 0 Å². The molecule has 22 heavy (non-hydrogen) atoms. The van der Waals surface area contributed by atoms with Crippen molar-refractivity contribution in [2.75, 3.05) is 6.54 Å². The number of aromatic nitrogens is 1. The zero-order valence-corrected chi connectivity index (χ0v) is 12.3. The van der Waals surface area contributed by atoms with Gasteiger partial charge in [0.1, 0.15) is 0 Å². The lowest BCUT2D eigenvalue weighted by Gasteiger charge is -2.11. The van der Waals surface area contributed by atoms with Crippen LogP contribution < -0.4 is 10.6 Å². The van der Waals surface area contributed by atoms with E-state index in [2.05, 4.69) is 21.7 Å². The molecule has 0 radical (unpaired) electrons. The Hall–Kier alpha value is -2.69. The van der Waals surface area contributed by atoms with Crippen molar-refractivity contribution in [2.24, 2.45) is 0 Å². The van der Waals surface area contributed by atoms with Crippen LogP contribution in [-0.4, -0.2) is 29.4 Å². The number of amides is 2. The number of nitrogens with one attached hydrogen (secondary N) is 2. The van der Waals surface area contributed by atoms with Crippen molar-refractivity contribution in [1.82, 2.24) is 15.6 Å². The summed E-state index contributed by atoms with van der Waals surface area (Å²) in [6.45, 7) is 2.51. The van der Waals surface area contributed by atoms with Crippen LogP contribution in [0, 0.1) is 6.92 Å². The van der Waals surface area contributed by atoms with Crippen LogP contribution in [0.15, 0.2) is 42.7 Å². The van der Waals surface area contributed by atoms with Gasteiger partial charge < -0.3 is 10.6 Å². The van der Waals surface area contributed by atoms with Gasteiger partial charge in [0.2, 0.25) is 5.91 Å². The topological polar surface area (TPSA) is 71.1 Å². The van der Waals surface area contributed by atoms with E-state index in [0.717, 1.165) is 16.7 Å². The summed E-state index contributed by atoms with van der Waals surface area (Å²) >= 11 is 0. The largest absolute Gasteiger partial charge is 0.354 e. The van der Waals surface area contributed by atoms with Gasteiger partial charge in [-0.3, -0.25) is 14.6 Å². The minimum atomic E-state index is -0.205. The summed E-state index contributed by atoms with van der Waals surface area (Å²) in [5.41, 5.74) is 3.58. The Balaban J connectivity index is 1.79. The summed E-state index contributed by atoms with van der Waals surface area (Å²) in [4.78, 5) is 27.6. The monoisotopic (exact) mass is 295 g/mol. The Morgan fingerprint density at radius 1 is 1.27 bits per heavy atom. The normalized spacial score (nSPS) is 17.1. The maximum Gasteiger partial charge on any atom is 0.253 e. The minimum Gasteiger partial charge on any atom is -0.354 e. The number of hydrogen-bond donors (Lipinski definition) is 2. The van der Waals surface area contributed by atoms with Gasteiger partial charge in [-0.2, -0.15) is 0 Å². The highest BCUT2D eigenvalue weighted by Crippen LogP contribution is 2.20. The summed E-state index contributed by atoms with van der Waals surface area (Å²) in [5, 5.41) is 5.55. The highest BCUT2D eigenvalue weighted by Gasteiger charge is 2.23. The zero-order valence-electron chi connectivity index (χ0n) is 12.3. The molecule has 2 amide bonds. The van der Waals surface area contributed by atoms with Gasteiger partial charge >= 0.3 is 0 Å². The third-order valence-corrected chi connectivity index (χ3v) is 3.66. The molecule has 2 aromatic rings. The van der Waals surface area contributed by atoms with E-state index in [1.807, 2.05) is 31.2 Å². The van der Waals surface area contributed by atoms with Gasteiger partial charge in [-0.1, -0.05) is 29.8 Å². The molecule has 1 aromatic heterocycles. The van der Waals surface area contributed by atoms with Crippen molar-refractivity contribution < 1.29 is 9.59 Å². The first-order valence-electron chi connectivity index (χ1n) is 7.21. The van der Waals surface area contributed by atoms with Crippen LogP contribution in [0.1, 0.15) is 22.3 Å². The first kappa shape index (κ1) is 14.3. The summed E-state index contributed by atoms with van der Waals surface area (Å²) < 4.78 is 0. The van der Waals surface area contributed by atoms with Crippen molar-refractivity contribution >= 4 is 11.8 Å². The lowest BCUT2D eigenvalue weighted by molar-refractivity contribution is -0.119. The van der Waals surface area contributed by atoms with E-state index < -0.39 is 0 Å². The molecule has 2 N–H and O–H groups in total. The molecule has 5 heteroatoms. The number of nitrogens with zero attached hydrogens (tertiary/aromatic N) is 1. The number of aryl methyl sites for hydroxylation is 1. The van der Waals surface area contributed by atoms with Crippen LogP contribution in [0.3, 0.4) is 0 Å². The van der Waals surface area contributed by atoms with E-state index in [0.29, 0.717) is 18.5 Å². The van der Waals surface area contributed by atoms with Gasteiger partial charge in [-0.25, -0.2) is 0 Å². The fourth-order valence-corrected chi connectivity index (χ4v) is 2.52. The molecule has 0 aliphatic carbocycles. The lowest BCUT2D eigenvalue weighted by Crippen LogP contribution is -2.36. The smallest absolute Gasteiger partial charge is 0.253 e. The Morgan fingerprint density at radius 3 is 2.86 bits per heavy atom. The van der Waals surface area contributed by atoms with Crippen LogP contribution in [0.2, 0.25) is 0 Å². The van der Waals surface area contributed by atoms with Crippen LogP contribution in [0.4, 0.5) is 0 Å². The van der Waals surface area contributed by atoms with Crippen molar-refractivity contribution in [2.45, 2.75) is 19.4 Å². The second-order valence-corrected chi connectivity index (χ2v) is 5.51. The average Bonchev–Trinajstić information content (AvgIpc) is 2.92. The molecule has 112 valence electrons. The van der Waals surface area contributed by atoms with Gasteiger partial charge in [0.05, 0.1) is 11.6 Å². The Labute approximate surface area is 128 Å². The second kappa shape index (κ2) is 5.97.